The van der Waals surface area contributed by atoms with Crippen LogP contribution in [0.3, 0.4) is 0 Å². The Kier molecular flexibility index (Phi) is 5.54. The summed E-state index contributed by atoms with van der Waals surface area (Å²) < 4.78 is 5.05. The van der Waals surface area contributed by atoms with Crippen LogP contribution in [0.5, 0.6) is 0 Å². The molecule has 0 aliphatic rings. The van der Waals surface area contributed by atoms with Crippen molar-refractivity contribution in [3.63, 3.8) is 0 Å². The number of carbonyl (C=O) groups is 2. The van der Waals surface area contributed by atoms with Crippen LogP contribution in [0.25, 0.3) is 0 Å². The Balaban J connectivity index is 1.85. The fourth-order valence-corrected chi connectivity index (χ4v) is 1.99. The van der Waals surface area contributed by atoms with E-state index < -0.39 is 18.0 Å². The lowest BCUT2D eigenvalue weighted by atomic mass is 9.99. The van der Waals surface area contributed by atoms with Gasteiger partial charge >= 0.3 is 12.1 Å². The molecule has 22 heavy (non-hydrogen) atoms. The smallest absolute Gasteiger partial charge is 0.407 e. The van der Waals surface area contributed by atoms with Crippen LogP contribution in [0.4, 0.5) is 4.79 Å². The van der Waals surface area contributed by atoms with E-state index in [-0.39, 0.29) is 13.2 Å². The van der Waals surface area contributed by atoms with Crippen LogP contribution < -0.4 is 5.32 Å². The van der Waals surface area contributed by atoms with Crippen LogP contribution in [0.1, 0.15) is 17.0 Å². The minimum Gasteiger partial charge on any atom is -0.481 e. The number of carboxylic acid groups (broad SMARTS) is 1. The van der Waals surface area contributed by atoms with Gasteiger partial charge in [0.05, 0.1) is 5.92 Å². The van der Waals surface area contributed by atoms with Gasteiger partial charge < -0.3 is 15.2 Å². The van der Waals surface area contributed by atoms with Gasteiger partial charge in [-0.05, 0) is 11.1 Å². The molecule has 0 aromatic heterocycles. The van der Waals surface area contributed by atoms with Crippen molar-refractivity contribution in [2.75, 3.05) is 6.54 Å². The molecular weight excluding hydrogens is 282 g/mol. The maximum Gasteiger partial charge on any atom is 0.407 e. The van der Waals surface area contributed by atoms with Crippen molar-refractivity contribution in [1.29, 1.82) is 0 Å². The summed E-state index contributed by atoms with van der Waals surface area (Å²) in [4.78, 5) is 22.9. The van der Waals surface area contributed by atoms with E-state index in [1.165, 1.54) is 0 Å². The summed E-state index contributed by atoms with van der Waals surface area (Å²) in [5.74, 6) is -1.79. The predicted octanol–water partition coefficient (Wildman–Crippen LogP) is 2.78. The first-order chi connectivity index (χ1) is 10.7. The molecule has 2 N–H and O–H groups in total. The second kappa shape index (κ2) is 7.83. The number of carboxylic acids is 1. The van der Waals surface area contributed by atoms with E-state index in [0.29, 0.717) is 5.56 Å². The fourth-order valence-electron chi connectivity index (χ4n) is 1.99. The van der Waals surface area contributed by atoms with Crippen LogP contribution in [0.15, 0.2) is 60.7 Å². The van der Waals surface area contributed by atoms with E-state index in [9.17, 15) is 14.7 Å². The molecule has 1 atom stereocenters. The van der Waals surface area contributed by atoms with Crippen LogP contribution in [0, 0.1) is 0 Å². The van der Waals surface area contributed by atoms with Gasteiger partial charge in [-0.3, -0.25) is 4.79 Å². The van der Waals surface area contributed by atoms with Crippen molar-refractivity contribution in [3.05, 3.63) is 71.8 Å². The molecule has 0 saturated heterocycles. The summed E-state index contributed by atoms with van der Waals surface area (Å²) >= 11 is 0. The molecule has 2 aromatic carbocycles. The number of nitrogens with one attached hydrogen (secondary N) is 1. The number of alkyl carbamates (subject to hydrolysis) is 1. The number of hydrogen-bond donors (Lipinski definition) is 2. The molecule has 0 heterocycles. The third-order valence-corrected chi connectivity index (χ3v) is 3.16. The van der Waals surface area contributed by atoms with Crippen molar-refractivity contribution in [3.8, 4) is 0 Å². The second-order valence-electron chi connectivity index (χ2n) is 4.74. The summed E-state index contributed by atoms with van der Waals surface area (Å²) in [6.07, 6.45) is -0.633. The van der Waals surface area contributed by atoms with Gasteiger partial charge in [0.15, 0.2) is 0 Å². The van der Waals surface area contributed by atoms with Crippen LogP contribution in [-0.4, -0.2) is 23.7 Å². The van der Waals surface area contributed by atoms with Crippen molar-refractivity contribution < 1.29 is 19.4 Å². The molecule has 2 aromatic rings. The van der Waals surface area contributed by atoms with Gasteiger partial charge in [0.25, 0.3) is 0 Å². The molecule has 5 nitrogen and oxygen atoms in total. The van der Waals surface area contributed by atoms with Gasteiger partial charge in [-0.1, -0.05) is 60.7 Å². The predicted molar refractivity (Wildman–Crippen MR) is 81.4 cm³/mol. The number of carbonyl (C=O) groups excluding carboxylic acids is 1. The zero-order chi connectivity index (χ0) is 15.8. The Labute approximate surface area is 128 Å². The first-order valence-electron chi connectivity index (χ1n) is 6.89. The zero-order valence-electron chi connectivity index (χ0n) is 11.9. The van der Waals surface area contributed by atoms with Gasteiger partial charge in [-0.15, -0.1) is 0 Å². The first-order valence-corrected chi connectivity index (χ1v) is 6.89. The molecule has 5 heteroatoms. The molecule has 0 saturated carbocycles. The largest absolute Gasteiger partial charge is 0.481 e. The van der Waals surface area contributed by atoms with Crippen molar-refractivity contribution in [2.45, 2.75) is 12.5 Å². The molecular formula is C17H17NO4. The highest BCUT2D eigenvalue weighted by Gasteiger charge is 2.20. The highest BCUT2D eigenvalue weighted by atomic mass is 16.5. The number of rotatable bonds is 6. The molecule has 1 unspecified atom stereocenters. The lowest BCUT2D eigenvalue weighted by molar-refractivity contribution is -0.138. The van der Waals surface area contributed by atoms with Gasteiger partial charge in [-0.25, -0.2) is 4.79 Å². The normalized spacial score (nSPS) is 11.5. The number of ether oxygens (including phenoxy) is 1. The summed E-state index contributed by atoms with van der Waals surface area (Å²) in [6, 6.07) is 18.0. The topological polar surface area (TPSA) is 75.6 Å². The Morgan fingerprint density at radius 2 is 1.59 bits per heavy atom. The first kappa shape index (κ1) is 15.6. The SMILES string of the molecule is O=C(NCC(C(=O)O)c1ccccc1)OCc1ccccc1. The maximum absolute atomic E-state index is 11.6. The Morgan fingerprint density at radius 3 is 2.18 bits per heavy atom. The van der Waals surface area contributed by atoms with Crippen LogP contribution in [-0.2, 0) is 16.1 Å². The monoisotopic (exact) mass is 299 g/mol. The van der Waals surface area contributed by atoms with Crippen molar-refractivity contribution in [2.24, 2.45) is 0 Å². The molecule has 1 amide bonds. The van der Waals surface area contributed by atoms with E-state index in [4.69, 9.17) is 4.74 Å². The lowest BCUT2D eigenvalue weighted by Gasteiger charge is -2.14. The number of benzene rings is 2. The molecule has 0 spiro atoms. The van der Waals surface area contributed by atoms with E-state index in [1.807, 2.05) is 36.4 Å². The van der Waals surface area contributed by atoms with Gasteiger partial charge in [-0.2, -0.15) is 0 Å². The van der Waals surface area contributed by atoms with Gasteiger partial charge in [0, 0.05) is 6.54 Å². The third-order valence-electron chi connectivity index (χ3n) is 3.16. The third kappa shape index (κ3) is 4.63. The molecule has 114 valence electrons. The Morgan fingerprint density at radius 1 is 1.00 bits per heavy atom. The molecule has 0 bridgehead atoms. The highest BCUT2D eigenvalue weighted by molar-refractivity contribution is 5.77. The molecule has 0 radical (unpaired) electrons. The molecule has 0 fully saturated rings. The Bertz CT molecular complexity index is 613. The standard InChI is InChI=1S/C17H17NO4/c19-16(20)15(14-9-5-2-6-10-14)11-18-17(21)22-12-13-7-3-1-4-8-13/h1-10,15H,11-12H2,(H,18,21)(H,19,20). The van der Waals surface area contributed by atoms with E-state index in [2.05, 4.69) is 5.32 Å². The molecule has 0 aliphatic heterocycles. The molecule has 2 rings (SSSR count). The minimum absolute atomic E-state index is 0.0209. The van der Waals surface area contributed by atoms with E-state index in [1.54, 1.807) is 24.3 Å². The quantitative estimate of drug-likeness (QED) is 0.860. The average Bonchev–Trinajstić information content (AvgIpc) is 2.55. The Hall–Kier alpha value is -2.82. The maximum atomic E-state index is 11.6. The average molecular weight is 299 g/mol. The van der Waals surface area contributed by atoms with Gasteiger partial charge in [0.2, 0.25) is 0 Å². The van der Waals surface area contributed by atoms with Crippen LogP contribution >= 0.6 is 0 Å². The fraction of sp³-hybridized carbons (Fsp3) is 0.176. The summed E-state index contributed by atoms with van der Waals surface area (Å²) in [5.41, 5.74) is 1.51. The van der Waals surface area contributed by atoms with Crippen molar-refractivity contribution in [1.82, 2.24) is 5.32 Å². The number of aliphatic carboxylic acids is 1. The van der Waals surface area contributed by atoms with Gasteiger partial charge in [0.1, 0.15) is 6.61 Å². The lowest BCUT2D eigenvalue weighted by Crippen LogP contribution is -2.32. The van der Waals surface area contributed by atoms with E-state index >= 15 is 0 Å². The van der Waals surface area contributed by atoms with E-state index in [0.717, 1.165) is 5.56 Å². The highest BCUT2D eigenvalue weighted by Crippen LogP contribution is 2.14. The second-order valence-corrected chi connectivity index (χ2v) is 4.74. The zero-order valence-corrected chi connectivity index (χ0v) is 11.9. The molecule has 0 aliphatic carbocycles. The summed E-state index contributed by atoms with van der Waals surface area (Å²) in [6.45, 7) is 0.128. The minimum atomic E-state index is -0.991. The van der Waals surface area contributed by atoms with Crippen LogP contribution in [0.2, 0.25) is 0 Å². The van der Waals surface area contributed by atoms with Crippen molar-refractivity contribution >= 4 is 12.1 Å². The number of amides is 1. The number of hydrogen-bond acceptors (Lipinski definition) is 3. The summed E-state index contributed by atoms with van der Waals surface area (Å²) in [7, 11) is 0. The summed E-state index contributed by atoms with van der Waals surface area (Å²) in [5, 5.41) is 11.7.